The molecule has 1 saturated heterocycles. The lowest BCUT2D eigenvalue weighted by atomic mass is 9.75. The number of anilines is 1. The molecule has 1 aliphatic heterocycles. The molecule has 2 aliphatic rings. The molecule has 0 radical (unpaired) electrons. The zero-order valence-electron chi connectivity index (χ0n) is 18.5. The van der Waals surface area contributed by atoms with Gasteiger partial charge in [0.1, 0.15) is 0 Å². The maximum atomic E-state index is 13.0. The van der Waals surface area contributed by atoms with Gasteiger partial charge in [-0.1, -0.05) is 26.0 Å². The monoisotopic (exact) mass is 458 g/mol. The average Bonchev–Trinajstić information content (AvgIpc) is 3.16. The Labute approximate surface area is 192 Å². The number of nitrogens with one attached hydrogen (secondary N) is 1. The van der Waals surface area contributed by atoms with Crippen LogP contribution >= 0.6 is 11.3 Å². The van der Waals surface area contributed by atoms with Crippen molar-refractivity contribution in [1.82, 2.24) is 5.32 Å². The minimum Gasteiger partial charge on any atom is -0.394 e. The molecule has 1 atom stereocenters. The van der Waals surface area contributed by atoms with Gasteiger partial charge in [-0.25, -0.2) is 0 Å². The minimum atomic E-state index is -0.993. The third kappa shape index (κ3) is 4.73. The first-order valence-corrected chi connectivity index (χ1v) is 11.8. The van der Waals surface area contributed by atoms with Gasteiger partial charge in [-0.2, -0.15) is 0 Å². The van der Waals surface area contributed by atoms with E-state index in [1.54, 1.807) is 17.4 Å². The van der Waals surface area contributed by atoms with E-state index in [2.05, 4.69) is 24.1 Å². The molecule has 1 fully saturated rings. The van der Waals surface area contributed by atoms with Crippen LogP contribution in [0.3, 0.4) is 0 Å². The molecular formula is C24H30N2O5S. The van der Waals surface area contributed by atoms with Crippen LogP contribution in [0, 0.1) is 5.41 Å². The van der Waals surface area contributed by atoms with Crippen LogP contribution in [0.1, 0.15) is 45.9 Å². The van der Waals surface area contributed by atoms with Crippen molar-refractivity contribution in [3.05, 3.63) is 40.3 Å². The lowest BCUT2D eigenvalue weighted by molar-refractivity contribution is 0.0801. The van der Waals surface area contributed by atoms with E-state index < -0.39 is 12.7 Å². The number of rotatable bonds is 6. The summed E-state index contributed by atoms with van der Waals surface area (Å²) in [5.41, 5.74) is 3.38. The fourth-order valence-corrected chi connectivity index (χ4v) is 5.71. The normalized spacial score (nSPS) is 18.9. The number of carbonyl (C=O) groups is 2. The lowest BCUT2D eigenvalue weighted by Gasteiger charge is -2.30. The van der Waals surface area contributed by atoms with Gasteiger partial charge in [-0.3, -0.25) is 9.59 Å². The highest BCUT2D eigenvalue weighted by Gasteiger charge is 2.37. The van der Waals surface area contributed by atoms with Crippen LogP contribution in [-0.2, 0) is 11.2 Å². The van der Waals surface area contributed by atoms with Crippen LogP contribution < -0.4 is 10.2 Å². The summed E-state index contributed by atoms with van der Waals surface area (Å²) in [6.07, 6.45) is 0.355. The molecule has 2 heterocycles. The highest BCUT2D eigenvalue weighted by Crippen LogP contribution is 2.49. The Kier molecular flexibility index (Phi) is 6.67. The van der Waals surface area contributed by atoms with E-state index in [9.17, 15) is 14.7 Å². The van der Waals surface area contributed by atoms with E-state index in [0.29, 0.717) is 25.2 Å². The number of hydrogen-bond donors (Lipinski definition) is 3. The highest BCUT2D eigenvalue weighted by molar-refractivity contribution is 7.19. The van der Waals surface area contributed by atoms with Crippen LogP contribution in [0.4, 0.5) is 5.00 Å². The smallest absolute Gasteiger partial charge is 0.251 e. The Hall–Kier alpha value is -2.26. The molecule has 1 amide bonds. The highest BCUT2D eigenvalue weighted by atomic mass is 32.1. The molecule has 0 saturated carbocycles. The summed E-state index contributed by atoms with van der Waals surface area (Å²) >= 11 is 1.56. The number of carbonyl (C=O) groups excluding carboxylic acids is 2. The number of morpholine rings is 1. The number of nitrogens with zero attached hydrogens (tertiary/aromatic N) is 1. The number of amides is 1. The maximum absolute atomic E-state index is 13.0. The second-order valence-corrected chi connectivity index (χ2v) is 10.3. The molecule has 2 aromatic rings. The molecule has 0 bridgehead atoms. The molecule has 1 aliphatic carbocycles. The molecule has 4 rings (SSSR count). The van der Waals surface area contributed by atoms with E-state index >= 15 is 0 Å². The molecule has 1 unspecified atom stereocenters. The van der Waals surface area contributed by atoms with Crippen LogP contribution in [0.25, 0.3) is 11.1 Å². The maximum Gasteiger partial charge on any atom is 0.251 e. The van der Waals surface area contributed by atoms with Crippen molar-refractivity contribution in [3.8, 4) is 11.1 Å². The fraction of sp³-hybridized carbons (Fsp3) is 0.500. The number of hydrogen-bond acceptors (Lipinski definition) is 7. The fourth-order valence-electron chi connectivity index (χ4n) is 4.38. The number of thiophene rings is 1. The van der Waals surface area contributed by atoms with E-state index in [1.807, 2.05) is 18.2 Å². The van der Waals surface area contributed by atoms with Crippen LogP contribution in [0.2, 0.25) is 0 Å². The first kappa shape index (κ1) is 22.9. The zero-order valence-corrected chi connectivity index (χ0v) is 19.3. The van der Waals surface area contributed by atoms with Crippen molar-refractivity contribution >= 4 is 28.0 Å². The minimum absolute atomic E-state index is 0.0187. The lowest BCUT2D eigenvalue weighted by Crippen LogP contribution is -2.36. The predicted molar refractivity (Wildman–Crippen MR) is 125 cm³/mol. The molecule has 1 aromatic heterocycles. The third-order valence-electron chi connectivity index (χ3n) is 5.96. The molecule has 32 heavy (non-hydrogen) atoms. The van der Waals surface area contributed by atoms with Crippen molar-refractivity contribution in [2.75, 3.05) is 44.4 Å². The molecular weight excluding hydrogens is 428 g/mol. The van der Waals surface area contributed by atoms with Crippen molar-refractivity contribution in [2.24, 2.45) is 5.41 Å². The number of aliphatic hydroxyl groups excluding tert-OH is 2. The van der Waals surface area contributed by atoms with E-state index in [4.69, 9.17) is 9.84 Å². The molecule has 0 spiro atoms. The van der Waals surface area contributed by atoms with Gasteiger partial charge in [0, 0.05) is 37.2 Å². The third-order valence-corrected chi connectivity index (χ3v) is 7.29. The molecule has 3 N–H and O–H groups in total. The standard InChI is InChI=1S/C24H30N2O5S/c1-24(2)11-18-20(15-4-3-5-16(10-15)22(30)25-13-17(28)14-27)23(26-6-8-31-9-7-26)32-21(18)19(29)12-24/h3-5,10,17,27-28H,6-9,11-14H2,1-2H3,(H,25,30). The summed E-state index contributed by atoms with van der Waals surface area (Å²) in [4.78, 5) is 28.7. The summed E-state index contributed by atoms with van der Waals surface area (Å²) in [7, 11) is 0. The largest absolute Gasteiger partial charge is 0.394 e. The van der Waals surface area contributed by atoms with Gasteiger partial charge < -0.3 is 25.2 Å². The summed E-state index contributed by atoms with van der Waals surface area (Å²) in [6.45, 7) is 6.66. The van der Waals surface area contributed by atoms with E-state index in [-0.39, 0.29) is 23.7 Å². The summed E-state index contributed by atoms with van der Waals surface area (Å²) < 4.78 is 5.53. The Morgan fingerprint density at radius 2 is 2.03 bits per heavy atom. The molecule has 8 heteroatoms. The van der Waals surface area contributed by atoms with E-state index in [0.717, 1.165) is 46.1 Å². The van der Waals surface area contributed by atoms with Gasteiger partial charge >= 0.3 is 0 Å². The number of ether oxygens (including phenoxy) is 1. The van der Waals surface area contributed by atoms with Gasteiger partial charge in [0.2, 0.25) is 0 Å². The van der Waals surface area contributed by atoms with E-state index in [1.165, 1.54) is 0 Å². The van der Waals surface area contributed by atoms with Crippen LogP contribution in [-0.4, -0.2) is 67.5 Å². The topological polar surface area (TPSA) is 99.1 Å². The molecule has 172 valence electrons. The number of benzene rings is 1. The number of fused-ring (bicyclic) bond motifs is 1. The predicted octanol–water partition coefficient (Wildman–Crippen LogP) is 2.49. The number of Topliss-reactive ketones (excluding diaryl/α,β-unsaturated/α-hetero) is 1. The van der Waals surface area contributed by atoms with Crippen molar-refractivity contribution < 1.29 is 24.5 Å². The van der Waals surface area contributed by atoms with Crippen LogP contribution in [0.15, 0.2) is 24.3 Å². The number of aliphatic hydroxyl groups is 2. The Balaban J connectivity index is 1.75. The summed E-state index contributed by atoms with van der Waals surface area (Å²) in [6, 6.07) is 7.40. The number of ketones is 1. The van der Waals surface area contributed by atoms with Crippen molar-refractivity contribution in [1.29, 1.82) is 0 Å². The second kappa shape index (κ2) is 9.31. The average molecular weight is 459 g/mol. The zero-order chi connectivity index (χ0) is 22.9. The second-order valence-electron chi connectivity index (χ2n) is 9.26. The van der Waals surface area contributed by atoms with Gasteiger partial charge in [-0.05, 0) is 35.1 Å². The van der Waals surface area contributed by atoms with Crippen LogP contribution in [0.5, 0.6) is 0 Å². The Morgan fingerprint density at radius 1 is 1.28 bits per heavy atom. The molecule has 7 nitrogen and oxygen atoms in total. The van der Waals surface area contributed by atoms with Gasteiger partial charge in [0.15, 0.2) is 5.78 Å². The quantitative estimate of drug-likeness (QED) is 0.615. The Bertz CT molecular complexity index is 1010. The SMILES string of the molecule is CC1(C)CC(=O)c2sc(N3CCOCC3)c(-c3cccc(C(=O)NCC(O)CO)c3)c2C1. The first-order valence-electron chi connectivity index (χ1n) is 11.0. The molecule has 1 aromatic carbocycles. The van der Waals surface area contributed by atoms with Crippen molar-refractivity contribution in [2.45, 2.75) is 32.8 Å². The summed E-state index contributed by atoms with van der Waals surface area (Å²) in [5, 5.41) is 22.2. The van der Waals surface area contributed by atoms with Gasteiger partial charge in [0.25, 0.3) is 5.91 Å². The van der Waals surface area contributed by atoms with Gasteiger partial charge in [0.05, 0.1) is 35.8 Å². The van der Waals surface area contributed by atoms with Crippen molar-refractivity contribution in [3.63, 3.8) is 0 Å². The first-order chi connectivity index (χ1) is 15.3. The Morgan fingerprint density at radius 3 is 2.75 bits per heavy atom. The van der Waals surface area contributed by atoms with Gasteiger partial charge in [-0.15, -0.1) is 11.3 Å². The summed E-state index contributed by atoms with van der Waals surface area (Å²) in [5.74, 6) is -0.123.